The summed E-state index contributed by atoms with van der Waals surface area (Å²) in [6, 6.07) is 5.86. The summed E-state index contributed by atoms with van der Waals surface area (Å²) in [4.78, 5) is 14.0. The zero-order valence-corrected chi connectivity index (χ0v) is 8.91. The van der Waals surface area contributed by atoms with Crippen LogP contribution in [0.5, 0.6) is 5.75 Å². The van der Waals surface area contributed by atoms with Crippen LogP contribution in [0, 0.1) is 0 Å². The van der Waals surface area contributed by atoms with Crippen LogP contribution in [0.3, 0.4) is 0 Å². The number of carbonyl (C=O) groups is 1. The molecule has 2 heterocycles. The first-order valence-corrected chi connectivity index (χ1v) is 4.96. The highest BCUT2D eigenvalue weighted by molar-refractivity contribution is 5.84. The smallest absolute Gasteiger partial charge is 0.410 e. The van der Waals surface area contributed by atoms with E-state index in [-0.39, 0.29) is 6.09 Å². The number of H-pyrrole nitrogens is 1. The molecule has 1 aliphatic heterocycles. The highest BCUT2D eigenvalue weighted by atomic mass is 16.6. The van der Waals surface area contributed by atoms with E-state index in [1.54, 1.807) is 0 Å². The SMILES string of the molecule is CN.O=C1NCc2cc3cc[nH]c3cc2O1. The second kappa shape index (κ2) is 4.24. The number of amides is 1. The van der Waals surface area contributed by atoms with Crippen LogP contribution in [0.1, 0.15) is 5.56 Å². The maximum absolute atomic E-state index is 11.0. The van der Waals surface area contributed by atoms with Gasteiger partial charge in [-0.25, -0.2) is 4.79 Å². The van der Waals surface area contributed by atoms with Gasteiger partial charge in [0.2, 0.25) is 0 Å². The van der Waals surface area contributed by atoms with Crippen molar-refractivity contribution < 1.29 is 9.53 Å². The average Bonchev–Trinajstić information content (AvgIpc) is 2.75. The number of aromatic nitrogens is 1. The summed E-state index contributed by atoms with van der Waals surface area (Å²) in [5.74, 6) is 0.642. The Hall–Kier alpha value is -2.01. The van der Waals surface area contributed by atoms with Crippen LogP contribution in [0.25, 0.3) is 10.9 Å². The van der Waals surface area contributed by atoms with Gasteiger partial charge in [-0.15, -0.1) is 0 Å². The summed E-state index contributed by atoms with van der Waals surface area (Å²) < 4.78 is 5.04. The van der Waals surface area contributed by atoms with Gasteiger partial charge in [0.05, 0.1) is 0 Å². The first kappa shape index (κ1) is 10.5. The van der Waals surface area contributed by atoms with Crippen LogP contribution in [0.15, 0.2) is 24.4 Å². The molecule has 16 heavy (non-hydrogen) atoms. The van der Waals surface area contributed by atoms with Gasteiger partial charge >= 0.3 is 6.09 Å². The Balaban J connectivity index is 0.000000457. The molecule has 0 bridgehead atoms. The molecular formula is C11H13N3O2. The molecule has 5 heteroatoms. The first-order valence-electron chi connectivity index (χ1n) is 4.96. The Bertz CT molecular complexity index is 519. The molecule has 5 nitrogen and oxygen atoms in total. The van der Waals surface area contributed by atoms with Crippen molar-refractivity contribution >= 4 is 17.0 Å². The molecule has 1 aromatic carbocycles. The Labute approximate surface area is 92.6 Å². The maximum atomic E-state index is 11.0. The first-order chi connectivity index (χ1) is 7.83. The minimum atomic E-state index is -0.386. The molecule has 4 N–H and O–H groups in total. The summed E-state index contributed by atoms with van der Waals surface area (Å²) in [5, 5.41) is 3.75. The molecule has 0 saturated carbocycles. The number of aromatic amines is 1. The Morgan fingerprint density at radius 2 is 2.19 bits per heavy atom. The third-order valence-electron chi connectivity index (χ3n) is 2.36. The second-order valence-electron chi connectivity index (χ2n) is 3.27. The third kappa shape index (κ3) is 1.72. The lowest BCUT2D eigenvalue weighted by Crippen LogP contribution is -2.31. The second-order valence-corrected chi connectivity index (χ2v) is 3.27. The number of benzene rings is 1. The van der Waals surface area contributed by atoms with E-state index >= 15 is 0 Å². The van der Waals surface area contributed by atoms with Gasteiger partial charge in [-0.1, -0.05) is 0 Å². The van der Waals surface area contributed by atoms with E-state index in [0.717, 1.165) is 16.5 Å². The largest absolute Gasteiger partial charge is 0.412 e. The van der Waals surface area contributed by atoms with E-state index in [4.69, 9.17) is 4.74 Å². The molecule has 0 radical (unpaired) electrons. The van der Waals surface area contributed by atoms with E-state index in [0.29, 0.717) is 12.3 Å². The third-order valence-corrected chi connectivity index (χ3v) is 2.36. The van der Waals surface area contributed by atoms with Gasteiger partial charge in [-0.3, -0.25) is 0 Å². The molecule has 84 valence electrons. The lowest BCUT2D eigenvalue weighted by Gasteiger charge is -2.16. The lowest BCUT2D eigenvalue weighted by atomic mass is 10.1. The molecule has 1 aliphatic rings. The van der Waals surface area contributed by atoms with Crippen molar-refractivity contribution in [2.24, 2.45) is 5.73 Å². The quantitative estimate of drug-likeness (QED) is 0.625. The molecular weight excluding hydrogens is 206 g/mol. The standard InChI is InChI=1S/C10H8N2O2.CH5N/c13-10-12-5-7-3-6-1-2-11-8(6)4-9(7)14-10;1-2/h1-4,11H,5H2,(H,12,13);2H2,1H3. The van der Waals surface area contributed by atoms with Crippen molar-refractivity contribution in [2.45, 2.75) is 6.54 Å². The van der Waals surface area contributed by atoms with Gasteiger partial charge in [0.1, 0.15) is 5.75 Å². The predicted octanol–water partition coefficient (Wildman–Crippen LogP) is 1.34. The van der Waals surface area contributed by atoms with Crippen LogP contribution in [0.4, 0.5) is 4.79 Å². The fourth-order valence-corrected chi connectivity index (χ4v) is 1.66. The monoisotopic (exact) mass is 219 g/mol. The Morgan fingerprint density at radius 1 is 1.38 bits per heavy atom. The molecule has 0 unspecified atom stereocenters. The van der Waals surface area contributed by atoms with E-state index < -0.39 is 0 Å². The van der Waals surface area contributed by atoms with Crippen molar-refractivity contribution in [3.63, 3.8) is 0 Å². The number of nitrogens with one attached hydrogen (secondary N) is 2. The summed E-state index contributed by atoms with van der Waals surface area (Å²) in [7, 11) is 1.50. The highest BCUT2D eigenvalue weighted by Crippen LogP contribution is 2.27. The topological polar surface area (TPSA) is 80.1 Å². The number of fused-ring (bicyclic) bond motifs is 2. The van der Waals surface area contributed by atoms with Crippen molar-refractivity contribution in [3.05, 3.63) is 30.0 Å². The number of hydrogen-bond donors (Lipinski definition) is 3. The number of ether oxygens (including phenoxy) is 1. The zero-order chi connectivity index (χ0) is 11.5. The van der Waals surface area contributed by atoms with Gasteiger partial charge < -0.3 is 20.8 Å². The molecule has 1 aromatic heterocycles. The van der Waals surface area contributed by atoms with E-state index in [2.05, 4.69) is 16.0 Å². The summed E-state index contributed by atoms with van der Waals surface area (Å²) in [6.45, 7) is 0.537. The maximum Gasteiger partial charge on any atom is 0.412 e. The average molecular weight is 219 g/mol. The molecule has 3 rings (SSSR count). The molecule has 0 aliphatic carbocycles. The Kier molecular flexibility index (Phi) is 2.78. The number of rotatable bonds is 0. The number of nitrogens with two attached hydrogens (primary N) is 1. The van der Waals surface area contributed by atoms with Crippen LogP contribution >= 0.6 is 0 Å². The molecule has 0 spiro atoms. The van der Waals surface area contributed by atoms with Crippen molar-refractivity contribution in [1.29, 1.82) is 0 Å². The summed E-state index contributed by atoms with van der Waals surface area (Å²) in [6.07, 6.45) is 1.48. The van der Waals surface area contributed by atoms with E-state index in [9.17, 15) is 4.79 Å². The summed E-state index contributed by atoms with van der Waals surface area (Å²) >= 11 is 0. The molecule has 1 amide bonds. The fourth-order valence-electron chi connectivity index (χ4n) is 1.66. The lowest BCUT2D eigenvalue weighted by molar-refractivity contribution is 0.194. The predicted molar refractivity (Wildman–Crippen MR) is 61.3 cm³/mol. The zero-order valence-electron chi connectivity index (χ0n) is 8.91. The van der Waals surface area contributed by atoms with Crippen molar-refractivity contribution in [2.75, 3.05) is 7.05 Å². The number of hydrogen-bond acceptors (Lipinski definition) is 3. The fraction of sp³-hybridized carbons (Fsp3) is 0.182. The molecule has 2 aromatic rings. The van der Waals surface area contributed by atoms with Crippen LogP contribution in [-0.2, 0) is 6.54 Å². The normalized spacial score (nSPS) is 13.2. The van der Waals surface area contributed by atoms with Crippen LogP contribution in [-0.4, -0.2) is 18.1 Å². The molecule has 0 fully saturated rings. The van der Waals surface area contributed by atoms with E-state index in [1.165, 1.54) is 7.05 Å². The number of carbonyl (C=O) groups excluding carboxylic acids is 1. The van der Waals surface area contributed by atoms with Crippen molar-refractivity contribution in [1.82, 2.24) is 10.3 Å². The Morgan fingerprint density at radius 3 is 3.00 bits per heavy atom. The minimum Gasteiger partial charge on any atom is -0.410 e. The highest BCUT2D eigenvalue weighted by Gasteiger charge is 2.16. The molecule has 0 atom stereocenters. The van der Waals surface area contributed by atoms with Gasteiger partial charge in [0, 0.05) is 29.9 Å². The minimum absolute atomic E-state index is 0.386. The van der Waals surface area contributed by atoms with Gasteiger partial charge in [-0.2, -0.15) is 0 Å². The van der Waals surface area contributed by atoms with Crippen LogP contribution in [0.2, 0.25) is 0 Å². The van der Waals surface area contributed by atoms with E-state index in [1.807, 2.05) is 24.4 Å². The van der Waals surface area contributed by atoms with Gasteiger partial charge in [-0.05, 0) is 24.6 Å². The van der Waals surface area contributed by atoms with Crippen molar-refractivity contribution in [3.8, 4) is 5.75 Å². The summed E-state index contributed by atoms with van der Waals surface area (Å²) in [5.41, 5.74) is 6.50. The van der Waals surface area contributed by atoms with Gasteiger partial charge in [0.25, 0.3) is 0 Å². The molecule has 0 saturated heterocycles. The van der Waals surface area contributed by atoms with Gasteiger partial charge in [0.15, 0.2) is 0 Å². The van der Waals surface area contributed by atoms with Crippen LogP contribution < -0.4 is 15.8 Å².